The summed E-state index contributed by atoms with van der Waals surface area (Å²) in [5.41, 5.74) is 7.23. The van der Waals surface area contributed by atoms with E-state index >= 15 is 0 Å². The van der Waals surface area contributed by atoms with Gasteiger partial charge in [0.1, 0.15) is 0 Å². The molecule has 5 heteroatoms. The van der Waals surface area contributed by atoms with Crippen LogP contribution >= 0.6 is 0 Å². The average molecular weight is 216 g/mol. The Balaban J connectivity index is 2.20. The normalized spacial score (nSPS) is 9.81. The Kier molecular flexibility index (Phi) is 2.86. The highest BCUT2D eigenvalue weighted by Gasteiger charge is 1.99. The molecule has 0 radical (unpaired) electrons. The molecule has 0 aliphatic rings. The fourth-order valence-corrected chi connectivity index (χ4v) is 1.27. The number of nitrogens with one attached hydrogen (secondary N) is 1. The standard InChI is InChI=1S/C11H12N4O/c1-16-11-7-13-6-10(15-11)14-9-4-2-3-8(12)5-9/h2-7H,12H2,1H3,(H,14,15). The minimum atomic E-state index is 0.467. The predicted molar refractivity (Wildman–Crippen MR) is 62.7 cm³/mol. The van der Waals surface area contributed by atoms with Gasteiger partial charge in [0.25, 0.3) is 0 Å². The van der Waals surface area contributed by atoms with Gasteiger partial charge in [-0.1, -0.05) is 6.07 Å². The highest BCUT2D eigenvalue weighted by Crippen LogP contribution is 2.17. The van der Waals surface area contributed by atoms with Crippen LogP contribution in [0.5, 0.6) is 5.88 Å². The van der Waals surface area contributed by atoms with Crippen molar-refractivity contribution in [3.05, 3.63) is 36.7 Å². The minimum absolute atomic E-state index is 0.467. The van der Waals surface area contributed by atoms with E-state index in [1.165, 1.54) is 0 Å². The molecule has 0 bridgehead atoms. The third-order valence-electron chi connectivity index (χ3n) is 1.98. The number of rotatable bonds is 3. The maximum absolute atomic E-state index is 5.67. The van der Waals surface area contributed by atoms with Crippen molar-refractivity contribution in [2.45, 2.75) is 0 Å². The first kappa shape index (κ1) is 10.2. The van der Waals surface area contributed by atoms with Crippen LogP contribution < -0.4 is 15.8 Å². The molecule has 1 aromatic heterocycles. The largest absolute Gasteiger partial charge is 0.480 e. The molecule has 0 spiro atoms. The van der Waals surface area contributed by atoms with E-state index < -0.39 is 0 Å². The molecule has 0 atom stereocenters. The van der Waals surface area contributed by atoms with Gasteiger partial charge in [-0.2, -0.15) is 4.98 Å². The number of anilines is 3. The van der Waals surface area contributed by atoms with Crippen molar-refractivity contribution in [1.82, 2.24) is 9.97 Å². The lowest BCUT2D eigenvalue weighted by atomic mass is 10.3. The van der Waals surface area contributed by atoms with Gasteiger partial charge in [0.2, 0.25) is 5.88 Å². The van der Waals surface area contributed by atoms with Crippen LogP contribution in [0.4, 0.5) is 17.2 Å². The molecule has 1 heterocycles. The van der Waals surface area contributed by atoms with Crippen LogP contribution in [0.15, 0.2) is 36.7 Å². The second-order valence-electron chi connectivity index (χ2n) is 3.20. The average Bonchev–Trinajstić information content (AvgIpc) is 2.29. The van der Waals surface area contributed by atoms with Crippen LogP contribution in [0.3, 0.4) is 0 Å². The Morgan fingerprint density at radius 3 is 2.94 bits per heavy atom. The van der Waals surface area contributed by atoms with Gasteiger partial charge in [0.15, 0.2) is 5.82 Å². The quantitative estimate of drug-likeness (QED) is 0.765. The van der Waals surface area contributed by atoms with Crippen molar-refractivity contribution < 1.29 is 4.74 Å². The van der Waals surface area contributed by atoms with Crippen molar-refractivity contribution >= 4 is 17.2 Å². The molecule has 16 heavy (non-hydrogen) atoms. The first-order valence-electron chi connectivity index (χ1n) is 4.76. The second kappa shape index (κ2) is 4.48. The number of ether oxygens (including phenoxy) is 1. The summed E-state index contributed by atoms with van der Waals surface area (Å²) in [5, 5.41) is 3.09. The molecule has 0 aliphatic heterocycles. The molecule has 2 aromatic rings. The fourth-order valence-electron chi connectivity index (χ4n) is 1.27. The topological polar surface area (TPSA) is 73.1 Å². The monoisotopic (exact) mass is 216 g/mol. The van der Waals surface area contributed by atoms with E-state index in [0.717, 1.165) is 5.69 Å². The maximum atomic E-state index is 5.67. The van der Waals surface area contributed by atoms with Gasteiger partial charge in [-0.15, -0.1) is 0 Å². The Labute approximate surface area is 93.3 Å². The number of nitrogen functional groups attached to an aromatic ring is 1. The lowest BCUT2D eigenvalue weighted by Crippen LogP contribution is -1.97. The summed E-state index contributed by atoms with van der Waals surface area (Å²) in [6, 6.07) is 7.41. The SMILES string of the molecule is COc1cncc(Nc2cccc(N)c2)n1. The first-order chi connectivity index (χ1) is 7.78. The van der Waals surface area contributed by atoms with Crippen LogP contribution in [-0.4, -0.2) is 17.1 Å². The number of hydrogen-bond acceptors (Lipinski definition) is 5. The molecule has 0 aliphatic carbocycles. The number of methoxy groups -OCH3 is 1. The van der Waals surface area contributed by atoms with E-state index in [-0.39, 0.29) is 0 Å². The van der Waals surface area contributed by atoms with E-state index in [1.54, 1.807) is 19.5 Å². The van der Waals surface area contributed by atoms with Crippen LogP contribution in [0, 0.1) is 0 Å². The lowest BCUT2D eigenvalue weighted by molar-refractivity contribution is 0.396. The van der Waals surface area contributed by atoms with Gasteiger partial charge in [-0.05, 0) is 18.2 Å². The van der Waals surface area contributed by atoms with Crippen molar-refractivity contribution in [2.24, 2.45) is 0 Å². The smallest absolute Gasteiger partial charge is 0.233 e. The Morgan fingerprint density at radius 2 is 2.19 bits per heavy atom. The molecule has 5 nitrogen and oxygen atoms in total. The van der Waals surface area contributed by atoms with Crippen LogP contribution in [0.2, 0.25) is 0 Å². The van der Waals surface area contributed by atoms with Crippen molar-refractivity contribution in [2.75, 3.05) is 18.2 Å². The van der Waals surface area contributed by atoms with Crippen molar-refractivity contribution in [3.8, 4) is 5.88 Å². The molecular formula is C11H12N4O. The maximum Gasteiger partial charge on any atom is 0.233 e. The summed E-state index contributed by atoms with van der Waals surface area (Å²) in [6.45, 7) is 0. The summed E-state index contributed by atoms with van der Waals surface area (Å²) in [5.74, 6) is 1.08. The molecule has 2 rings (SSSR count). The highest BCUT2D eigenvalue weighted by atomic mass is 16.5. The molecule has 0 unspecified atom stereocenters. The summed E-state index contributed by atoms with van der Waals surface area (Å²) in [7, 11) is 1.55. The Bertz CT molecular complexity index is 487. The number of nitrogens with two attached hydrogens (primary N) is 1. The van der Waals surface area contributed by atoms with E-state index in [2.05, 4.69) is 15.3 Å². The summed E-state index contributed by atoms with van der Waals surface area (Å²) < 4.78 is 4.98. The lowest BCUT2D eigenvalue weighted by Gasteiger charge is -2.06. The zero-order valence-electron chi connectivity index (χ0n) is 8.84. The van der Waals surface area contributed by atoms with Crippen LogP contribution in [0.1, 0.15) is 0 Å². The van der Waals surface area contributed by atoms with E-state index in [1.807, 2.05) is 24.3 Å². The number of benzene rings is 1. The highest BCUT2D eigenvalue weighted by molar-refractivity contribution is 5.60. The molecule has 0 saturated carbocycles. The molecular weight excluding hydrogens is 204 g/mol. The van der Waals surface area contributed by atoms with Gasteiger partial charge >= 0.3 is 0 Å². The van der Waals surface area contributed by atoms with E-state index in [9.17, 15) is 0 Å². The number of hydrogen-bond donors (Lipinski definition) is 2. The van der Waals surface area contributed by atoms with Crippen LogP contribution in [0.25, 0.3) is 0 Å². The Hall–Kier alpha value is -2.30. The van der Waals surface area contributed by atoms with Gasteiger partial charge in [0.05, 0.1) is 19.5 Å². The van der Waals surface area contributed by atoms with Gasteiger partial charge in [-0.25, -0.2) is 0 Å². The zero-order valence-corrected chi connectivity index (χ0v) is 8.84. The van der Waals surface area contributed by atoms with E-state index in [0.29, 0.717) is 17.4 Å². The second-order valence-corrected chi connectivity index (χ2v) is 3.20. The van der Waals surface area contributed by atoms with Crippen molar-refractivity contribution in [3.63, 3.8) is 0 Å². The summed E-state index contributed by atoms with van der Waals surface area (Å²) in [4.78, 5) is 8.17. The van der Waals surface area contributed by atoms with Gasteiger partial charge in [0, 0.05) is 11.4 Å². The summed E-state index contributed by atoms with van der Waals surface area (Å²) in [6.07, 6.45) is 3.16. The van der Waals surface area contributed by atoms with Gasteiger partial charge in [-0.3, -0.25) is 4.98 Å². The minimum Gasteiger partial charge on any atom is -0.480 e. The fraction of sp³-hybridized carbons (Fsp3) is 0.0909. The van der Waals surface area contributed by atoms with Crippen molar-refractivity contribution in [1.29, 1.82) is 0 Å². The molecule has 0 amide bonds. The molecule has 0 saturated heterocycles. The molecule has 82 valence electrons. The van der Waals surface area contributed by atoms with Crippen LogP contribution in [-0.2, 0) is 0 Å². The van der Waals surface area contributed by atoms with Gasteiger partial charge < -0.3 is 15.8 Å². The predicted octanol–water partition coefficient (Wildman–Crippen LogP) is 1.81. The Morgan fingerprint density at radius 1 is 1.31 bits per heavy atom. The number of aromatic nitrogens is 2. The first-order valence-corrected chi connectivity index (χ1v) is 4.76. The molecule has 0 fully saturated rings. The molecule has 3 N–H and O–H groups in total. The summed E-state index contributed by atoms with van der Waals surface area (Å²) >= 11 is 0. The number of nitrogens with zero attached hydrogens (tertiary/aromatic N) is 2. The third-order valence-corrected chi connectivity index (χ3v) is 1.98. The third kappa shape index (κ3) is 2.38. The zero-order chi connectivity index (χ0) is 11.4. The molecule has 1 aromatic carbocycles. The van der Waals surface area contributed by atoms with E-state index in [4.69, 9.17) is 10.5 Å².